The Morgan fingerprint density at radius 2 is 1.67 bits per heavy atom. The first-order valence-corrected chi connectivity index (χ1v) is 7.22. The van der Waals surface area contributed by atoms with Gasteiger partial charge in [0.2, 0.25) is 5.88 Å². The lowest BCUT2D eigenvalue weighted by atomic mass is 10.1. The molecule has 5 nitrogen and oxygen atoms in total. The molecular weight excluding hydrogens is 382 g/mol. The van der Waals surface area contributed by atoms with Crippen molar-refractivity contribution in [2.24, 2.45) is 0 Å². The second-order valence-corrected chi connectivity index (χ2v) is 5.14. The van der Waals surface area contributed by atoms with Gasteiger partial charge in [0.05, 0.1) is 18.2 Å². The largest absolute Gasteiger partial charge is 0.484 e. The van der Waals surface area contributed by atoms with Crippen LogP contribution in [0.5, 0.6) is 11.6 Å². The number of anilines is 1. The summed E-state index contributed by atoms with van der Waals surface area (Å²) in [6.07, 6.45) is -8.62. The number of methoxy groups -OCH3 is 1. The van der Waals surface area contributed by atoms with Gasteiger partial charge in [-0.3, -0.25) is 4.79 Å². The van der Waals surface area contributed by atoms with Crippen LogP contribution in [-0.2, 0) is 17.1 Å². The van der Waals surface area contributed by atoms with Crippen molar-refractivity contribution in [3.8, 4) is 11.6 Å². The van der Waals surface area contributed by atoms with Crippen molar-refractivity contribution in [3.05, 3.63) is 47.7 Å². The van der Waals surface area contributed by atoms with Gasteiger partial charge in [-0.15, -0.1) is 0 Å². The average Bonchev–Trinajstić information content (AvgIpc) is 2.58. The zero-order chi connectivity index (χ0) is 20.2. The van der Waals surface area contributed by atoms with Crippen LogP contribution in [0.1, 0.15) is 11.1 Å². The summed E-state index contributed by atoms with van der Waals surface area (Å²) in [6, 6.07) is 3.66. The molecule has 2 aromatic rings. The van der Waals surface area contributed by atoms with Crippen LogP contribution in [0.15, 0.2) is 36.5 Å². The summed E-state index contributed by atoms with van der Waals surface area (Å²) in [4.78, 5) is 15.7. The van der Waals surface area contributed by atoms with E-state index in [1.165, 1.54) is 25.4 Å². The van der Waals surface area contributed by atoms with E-state index < -0.39 is 41.7 Å². The summed E-state index contributed by atoms with van der Waals surface area (Å²) in [5, 5.41) is 2.33. The summed E-state index contributed by atoms with van der Waals surface area (Å²) in [7, 11) is 1.30. The lowest BCUT2D eigenvalue weighted by Gasteiger charge is -2.15. The molecule has 0 aliphatic rings. The normalized spacial score (nSPS) is 11.8. The minimum Gasteiger partial charge on any atom is -0.484 e. The van der Waals surface area contributed by atoms with E-state index >= 15 is 0 Å². The molecule has 0 saturated heterocycles. The highest BCUT2D eigenvalue weighted by Gasteiger charge is 2.37. The van der Waals surface area contributed by atoms with Crippen molar-refractivity contribution in [2.75, 3.05) is 19.0 Å². The summed E-state index contributed by atoms with van der Waals surface area (Å²) in [5.74, 6) is -1.50. The standard InChI is InChI=1S/C16H12F6N2O3/c1-26-14-12(3-2-4-23-14)24-13(25)8-27-11-6-9(15(17,18)19)5-10(7-11)16(20,21)22/h2-7H,8H2,1H3,(H,24,25). The van der Waals surface area contributed by atoms with E-state index in [0.717, 1.165) is 0 Å². The SMILES string of the molecule is COc1ncccc1NC(=O)COc1cc(C(F)(F)F)cc(C(F)(F)F)c1. The predicted molar refractivity (Wildman–Crippen MR) is 81.4 cm³/mol. The molecule has 27 heavy (non-hydrogen) atoms. The van der Waals surface area contributed by atoms with E-state index in [2.05, 4.69) is 10.3 Å². The minimum atomic E-state index is -5.01. The van der Waals surface area contributed by atoms with Gasteiger partial charge in [-0.1, -0.05) is 0 Å². The third-order valence-electron chi connectivity index (χ3n) is 3.17. The summed E-state index contributed by atoms with van der Waals surface area (Å²) in [6.45, 7) is -0.823. The Morgan fingerprint density at radius 3 is 2.19 bits per heavy atom. The maximum atomic E-state index is 12.8. The van der Waals surface area contributed by atoms with Crippen molar-refractivity contribution in [1.82, 2.24) is 4.98 Å². The molecule has 1 aromatic carbocycles. The number of ether oxygens (including phenoxy) is 2. The molecule has 0 saturated carbocycles. The van der Waals surface area contributed by atoms with Gasteiger partial charge < -0.3 is 14.8 Å². The first kappa shape index (κ1) is 20.3. The number of alkyl halides is 6. The maximum Gasteiger partial charge on any atom is 0.416 e. The van der Waals surface area contributed by atoms with Crippen LogP contribution in [-0.4, -0.2) is 24.6 Å². The Hall–Kier alpha value is -2.98. The molecule has 0 aliphatic carbocycles. The fraction of sp³-hybridized carbons (Fsp3) is 0.250. The number of hydrogen-bond donors (Lipinski definition) is 1. The van der Waals surface area contributed by atoms with Crippen molar-refractivity contribution >= 4 is 11.6 Å². The van der Waals surface area contributed by atoms with Gasteiger partial charge in [-0.25, -0.2) is 4.98 Å². The molecule has 0 unspecified atom stereocenters. The van der Waals surface area contributed by atoms with Gasteiger partial charge >= 0.3 is 12.4 Å². The molecule has 1 aromatic heterocycles. The second kappa shape index (κ2) is 7.72. The zero-order valence-corrected chi connectivity index (χ0v) is 13.6. The van der Waals surface area contributed by atoms with Gasteiger partial charge in [0, 0.05) is 6.20 Å². The third-order valence-corrected chi connectivity index (χ3v) is 3.17. The Balaban J connectivity index is 2.16. The lowest BCUT2D eigenvalue weighted by molar-refractivity contribution is -0.143. The lowest BCUT2D eigenvalue weighted by Crippen LogP contribution is -2.21. The van der Waals surface area contributed by atoms with E-state index in [9.17, 15) is 31.1 Å². The predicted octanol–water partition coefficient (Wildman–Crippen LogP) is 4.15. The highest BCUT2D eigenvalue weighted by Crippen LogP contribution is 2.38. The first-order chi connectivity index (χ1) is 12.5. The number of halogens is 6. The number of nitrogens with one attached hydrogen (secondary N) is 1. The molecule has 1 heterocycles. The number of carbonyl (C=O) groups excluding carboxylic acids is 1. The Labute approximate surface area is 148 Å². The number of nitrogens with zero attached hydrogens (tertiary/aromatic N) is 1. The molecule has 146 valence electrons. The molecule has 1 N–H and O–H groups in total. The van der Waals surface area contributed by atoms with Crippen LogP contribution >= 0.6 is 0 Å². The fourth-order valence-corrected chi connectivity index (χ4v) is 1.99. The molecule has 0 spiro atoms. The van der Waals surface area contributed by atoms with Crippen LogP contribution in [0.3, 0.4) is 0 Å². The molecule has 2 rings (SSSR count). The van der Waals surface area contributed by atoms with Gasteiger partial charge in [0.15, 0.2) is 6.61 Å². The Morgan fingerprint density at radius 1 is 1.07 bits per heavy atom. The zero-order valence-electron chi connectivity index (χ0n) is 13.6. The second-order valence-electron chi connectivity index (χ2n) is 5.14. The van der Waals surface area contributed by atoms with Crippen LogP contribution in [0.2, 0.25) is 0 Å². The van der Waals surface area contributed by atoms with Gasteiger partial charge in [0.1, 0.15) is 11.4 Å². The van der Waals surface area contributed by atoms with Crippen molar-refractivity contribution in [3.63, 3.8) is 0 Å². The monoisotopic (exact) mass is 394 g/mol. The van der Waals surface area contributed by atoms with E-state index in [-0.39, 0.29) is 17.6 Å². The molecule has 0 bridgehead atoms. The Bertz CT molecular complexity index is 788. The van der Waals surface area contributed by atoms with Crippen molar-refractivity contribution in [2.45, 2.75) is 12.4 Å². The first-order valence-electron chi connectivity index (χ1n) is 7.22. The topological polar surface area (TPSA) is 60.5 Å². The number of rotatable bonds is 5. The molecule has 0 fully saturated rings. The van der Waals surface area contributed by atoms with Crippen molar-refractivity contribution < 1.29 is 40.6 Å². The highest BCUT2D eigenvalue weighted by atomic mass is 19.4. The highest BCUT2D eigenvalue weighted by molar-refractivity contribution is 5.92. The summed E-state index contributed by atoms with van der Waals surface area (Å²) in [5.41, 5.74) is -2.92. The smallest absolute Gasteiger partial charge is 0.416 e. The van der Waals surface area contributed by atoms with Crippen LogP contribution in [0.4, 0.5) is 32.0 Å². The average molecular weight is 394 g/mol. The van der Waals surface area contributed by atoms with Crippen molar-refractivity contribution in [1.29, 1.82) is 0 Å². The third kappa shape index (κ3) is 5.50. The quantitative estimate of drug-likeness (QED) is 0.775. The van der Waals surface area contributed by atoms with Crippen LogP contribution in [0.25, 0.3) is 0 Å². The fourth-order valence-electron chi connectivity index (χ4n) is 1.99. The number of pyridine rings is 1. The van der Waals surface area contributed by atoms with E-state index in [1.807, 2.05) is 0 Å². The van der Waals surface area contributed by atoms with Gasteiger partial charge in [-0.2, -0.15) is 26.3 Å². The molecule has 0 radical (unpaired) electrons. The maximum absolute atomic E-state index is 12.8. The summed E-state index contributed by atoms with van der Waals surface area (Å²) < 4.78 is 86.4. The number of carbonyl (C=O) groups is 1. The van der Waals surface area contributed by atoms with Gasteiger partial charge in [-0.05, 0) is 30.3 Å². The molecule has 0 atom stereocenters. The molecule has 0 aliphatic heterocycles. The Kier molecular flexibility index (Phi) is 5.82. The number of hydrogen-bond acceptors (Lipinski definition) is 4. The summed E-state index contributed by atoms with van der Waals surface area (Å²) >= 11 is 0. The van der Waals surface area contributed by atoms with Crippen LogP contribution in [0, 0.1) is 0 Å². The number of amides is 1. The molecule has 1 amide bonds. The molecule has 11 heteroatoms. The number of aromatic nitrogens is 1. The van der Waals surface area contributed by atoms with E-state index in [4.69, 9.17) is 9.47 Å². The number of benzene rings is 1. The van der Waals surface area contributed by atoms with Gasteiger partial charge in [0.25, 0.3) is 5.91 Å². The van der Waals surface area contributed by atoms with Crippen LogP contribution < -0.4 is 14.8 Å². The molecular formula is C16H12F6N2O3. The van der Waals surface area contributed by atoms with E-state index in [0.29, 0.717) is 12.1 Å². The minimum absolute atomic E-state index is 0.0343. The van der Waals surface area contributed by atoms with E-state index in [1.54, 1.807) is 0 Å².